The summed E-state index contributed by atoms with van der Waals surface area (Å²) in [6.07, 6.45) is 9.96. The van der Waals surface area contributed by atoms with Gasteiger partial charge in [0, 0.05) is 85.7 Å². The number of ether oxygens (including phenoxy) is 4. The maximum absolute atomic E-state index is 12.2. The molecule has 4 aromatic heterocycles. The SMILES string of the molecule is CS(=O)(=O)c1cncc(COc2nc(O[C@H]3CCc4c(-c5cccc6c5CC[C@@H]6Oc5nc(OCc6cncc(S(C)(=O)=O)c6)c(CNCCO)cc5Cl)cccc43)c(Cl)cc2CNCCO)c1. The number of benzene rings is 2. The fraction of sp³-hybridized carbons (Fsp3) is 0.333. The van der Waals surface area contributed by atoms with Gasteiger partial charge in [-0.1, -0.05) is 59.6 Å². The second-order valence-electron chi connectivity index (χ2n) is 16.5. The van der Waals surface area contributed by atoms with Gasteiger partial charge in [-0.2, -0.15) is 9.97 Å². The van der Waals surface area contributed by atoms with Gasteiger partial charge in [-0.3, -0.25) is 9.97 Å². The highest BCUT2D eigenvalue weighted by molar-refractivity contribution is 7.91. The summed E-state index contributed by atoms with van der Waals surface area (Å²) in [4.78, 5) is 17.7. The van der Waals surface area contributed by atoms with E-state index in [-0.39, 0.29) is 82.0 Å². The van der Waals surface area contributed by atoms with Gasteiger partial charge in [-0.05, 0) is 83.3 Å². The number of sulfone groups is 2. The lowest BCUT2D eigenvalue weighted by Gasteiger charge is -2.19. The van der Waals surface area contributed by atoms with Gasteiger partial charge in [0.15, 0.2) is 19.7 Å². The van der Waals surface area contributed by atoms with Gasteiger partial charge in [0.25, 0.3) is 0 Å². The van der Waals surface area contributed by atoms with Crippen molar-refractivity contribution in [3.8, 4) is 34.6 Å². The molecule has 0 bridgehead atoms. The number of hydrogen-bond donors (Lipinski definition) is 4. The van der Waals surface area contributed by atoms with E-state index < -0.39 is 19.7 Å². The van der Waals surface area contributed by atoms with Crippen LogP contribution in [0.4, 0.5) is 0 Å². The maximum Gasteiger partial charge on any atom is 0.236 e. The molecule has 0 unspecified atom stereocenters. The molecule has 16 nitrogen and oxygen atoms in total. The number of aromatic nitrogens is 4. The number of pyridine rings is 4. The monoisotopic (exact) mass is 1000 g/mol. The topological polar surface area (TPSA) is 221 Å². The first-order valence-corrected chi connectivity index (χ1v) is 26.4. The fourth-order valence-corrected chi connectivity index (χ4v) is 9.98. The Hall–Kier alpha value is -5.44. The van der Waals surface area contributed by atoms with Crippen molar-refractivity contribution in [1.82, 2.24) is 30.6 Å². The summed E-state index contributed by atoms with van der Waals surface area (Å²) >= 11 is 13.6. The average Bonchev–Trinajstić information content (AvgIpc) is 3.93. The summed E-state index contributed by atoms with van der Waals surface area (Å²) in [5.41, 5.74) is 8.83. The molecule has 0 saturated heterocycles. The van der Waals surface area contributed by atoms with Crippen LogP contribution in [0, 0.1) is 0 Å². The largest absolute Gasteiger partial charge is 0.472 e. The number of nitrogens with one attached hydrogen (secondary N) is 2. The molecular formula is C48H50Cl2N6O10S2. The third-order valence-electron chi connectivity index (χ3n) is 11.6. The minimum Gasteiger partial charge on any atom is -0.472 e. The van der Waals surface area contributed by atoms with Crippen LogP contribution >= 0.6 is 23.2 Å². The van der Waals surface area contributed by atoms with Gasteiger partial charge < -0.3 is 39.8 Å². The Kier molecular flexibility index (Phi) is 15.5. The van der Waals surface area contributed by atoms with Crippen molar-refractivity contribution in [3.05, 3.63) is 140 Å². The Morgan fingerprint density at radius 2 is 1.04 bits per heavy atom. The molecule has 4 N–H and O–H groups in total. The van der Waals surface area contributed by atoms with Gasteiger partial charge in [-0.25, -0.2) is 16.8 Å². The van der Waals surface area contributed by atoms with E-state index in [2.05, 4.69) is 44.9 Å². The Balaban J connectivity index is 1.02. The minimum absolute atomic E-state index is 0.0145. The van der Waals surface area contributed by atoms with Crippen LogP contribution < -0.4 is 29.6 Å². The summed E-state index contributed by atoms with van der Waals surface area (Å²) in [7, 11) is -6.96. The van der Waals surface area contributed by atoms with E-state index in [9.17, 15) is 27.0 Å². The highest BCUT2D eigenvalue weighted by Crippen LogP contribution is 2.46. The standard InChI is InChI=1S/C48H50Cl2N6O10S2/c1-67(59,60)33-17-29(21-53-25-33)27-63-45-31(23-51-13-15-57)19-41(49)47(55-45)65-43-11-9-37-35(5-3-7-39(37)43)36-6-4-8-40-38(36)10-12-44(40)66-48-42(50)20-32(24-52-14-16-58)46(56-48)64-28-30-18-34(26-54-22-30)68(2,61)62/h3-8,17-22,25-26,43-44,51-52,57-58H,9-16,23-24,27-28H2,1-2H3/t43-,44-/m0/s1. The first-order chi connectivity index (χ1) is 32.7. The van der Waals surface area contributed by atoms with Crippen molar-refractivity contribution >= 4 is 42.9 Å². The van der Waals surface area contributed by atoms with Gasteiger partial charge >= 0.3 is 0 Å². The Morgan fingerprint density at radius 1 is 0.618 bits per heavy atom. The van der Waals surface area contributed by atoms with E-state index in [1.807, 2.05) is 12.1 Å². The van der Waals surface area contributed by atoms with Crippen molar-refractivity contribution in [3.63, 3.8) is 0 Å². The van der Waals surface area contributed by atoms with Crippen molar-refractivity contribution in [2.75, 3.05) is 38.8 Å². The van der Waals surface area contributed by atoms with Crippen LogP contribution in [0.15, 0.2) is 95.2 Å². The highest BCUT2D eigenvalue weighted by atomic mass is 35.5. The lowest BCUT2D eigenvalue weighted by Crippen LogP contribution is -2.18. The van der Waals surface area contributed by atoms with Gasteiger partial charge in [0.05, 0.1) is 23.0 Å². The third-order valence-corrected chi connectivity index (χ3v) is 14.3. The molecular weight excluding hydrogens is 956 g/mol. The first kappa shape index (κ1) is 49.0. The Morgan fingerprint density at radius 3 is 1.44 bits per heavy atom. The zero-order valence-corrected chi connectivity index (χ0v) is 40.4. The molecule has 0 aliphatic heterocycles. The summed E-state index contributed by atoms with van der Waals surface area (Å²) in [5, 5.41) is 25.6. The van der Waals surface area contributed by atoms with E-state index in [0.29, 0.717) is 61.3 Å². The van der Waals surface area contributed by atoms with Gasteiger partial charge in [0.2, 0.25) is 23.5 Å². The molecule has 0 saturated carbocycles. The molecule has 2 aliphatic carbocycles. The van der Waals surface area contributed by atoms with E-state index in [1.54, 1.807) is 12.1 Å². The molecule has 68 heavy (non-hydrogen) atoms. The van der Waals surface area contributed by atoms with Crippen LogP contribution in [0.5, 0.6) is 23.5 Å². The molecule has 2 aliphatic rings. The van der Waals surface area contributed by atoms with Crippen LogP contribution in [0.25, 0.3) is 11.1 Å². The predicted octanol–water partition coefficient (Wildman–Crippen LogP) is 6.50. The lowest BCUT2D eigenvalue weighted by atomic mass is 9.91. The number of fused-ring (bicyclic) bond motifs is 2. The summed E-state index contributed by atoms with van der Waals surface area (Å²) in [6, 6.07) is 18.8. The summed E-state index contributed by atoms with van der Waals surface area (Å²) < 4.78 is 74.1. The minimum atomic E-state index is -3.48. The third kappa shape index (κ3) is 11.5. The maximum atomic E-state index is 12.2. The second kappa shape index (κ2) is 21.5. The first-order valence-electron chi connectivity index (χ1n) is 21.8. The van der Waals surface area contributed by atoms with Crippen LogP contribution in [-0.4, -0.2) is 85.8 Å². The average molecular weight is 1010 g/mol. The number of hydrogen-bond acceptors (Lipinski definition) is 16. The molecule has 2 atom stereocenters. The molecule has 358 valence electrons. The number of aliphatic hydroxyl groups is 2. The fourth-order valence-electron chi connectivity index (χ4n) is 8.31. The molecule has 0 fully saturated rings. The van der Waals surface area contributed by atoms with E-state index in [1.165, 1.54) is 36.9 Å². The van der Waals surface area contributed by atoms with Gasteiger partial charge in [-0.15, -0.1) is 0 Å². The smallest absolute Gasteiger partial charge is 0.236 e. The zero-order valence-electron chi connectivity index (χ0n) is 37.2. The van der Waals surface area contributed by atoms with Crippen molar-refractivity contribution in [2.24, 2.45) is 0 Å². The Bertz CT molecular complexity index is 2830. The quantitative estimate of drug-likeness (QED) is 0.0565. The van der Waals surface area contributed by atoms with Crippen LogP contribution in [0.3, 0.4) is 0 Å². The molecule has 0 spiro atoms. The van der Waals surface area contributed by atoms with E-state index in [4.69, 9.17) is 52.1 Å². The van der Waals surface area contributed by atoms with Crippen molar-refractivity contribution in [1.29, 1.82) is 0 Å². The summed E-state index contributed by atoms with van der Waals surface area (Å²) in [5.74, 6) is 0.856. The number of nitrogens with zero attached hydrogens (tertiary/aromatic N) is 4. The molecule has 8 rings (SSSR count). The van der Waals surface area contributed by atoms with E-state index >= 15 is 0 Å². The number of rotatable bonds is 21. The molecule has 2 aromatic carbocycles. The van der Waals surface area contributed by atoms with Crippen molar-refractivity contribution < 1.29 is 46.0 Å². The predicted molar refractivity (Wildman–Crippen MR) is 255 cm³/mol. The molecule has 20 heteroatoms. The summed E-state index contributed by atoms with van der Waals surface area (Å²) in [6.45, 7) is 1.11. The lowest BCUT2D eigenvalue weighted by molar-refractivity contribution is 0.193. The van der Waals surface area contributed by atoms with Crippen LogP contribution in [0.1, 0.15) is 69.6 Å². The molecule has 6 aromatic rings. The van der Waals surface area contributed by atoms with E-state index in [0.717, 1.165) is 58.7 Å². The van der Waals surface area contributed by atoms with Crippen LogP contribution in [0.2, 0.25) is 10.0 Å². The van der Waals surface area contributed by atoms with Crippen molar-refractivity contribution in [2.45, 2.75) is 74.0 Å². The number of aliphatic hydroxyl groups excluding tert-OH is 2. The molecule has 0 amide bonds. The Labute approximate surface area is 404 Å². The molecule has 4 heterocycles. The number of halogens is 2. The normalized spacial score (nSPS) is 15.5. The molecule has 0 radical (unpaired) electrons. The zero-order chi connectivity index (χ0) is 48.0. The highest BCUT2D eigenvalue weighted by Gasteiger charge is 2.32. The second-order valence-corrected chi connectivity index (χ2v) is 21.3. The van der Waals surface area contributed by atoms with Gasteiger partial charge in [0.1, 0.15) is 35.5 Å². The van der Waals surface area contributed by atoms with Crippen LogP contribution in [-0.2, 0) is 58.8 Å².